The summed E-state index contributed by atoms with van der Waals surface area (Å²) in [5.74, 6) is 0.615. The Morgan fingerprint density at radius 1 is 0.291 bits per heavy atom. The van der Waals surface area contributed by atoms with E-state index < -0.39 is 0 Å². The molecule has 0 bridgehead atoms. The van der Waals surface area contributed by atoms with Gasteiger partial charge in [0.25, 0.3) is 0 Å². The van der Waals surface area contributed by atoms with Crippen molar-refractivity contribution >= 4 is 22.1 Å². The number of furan rings is 1. The maximum atomic E-state index is 6.46. The van der Waals surface area contributed by atoms with E-state index in [1.165, 1.54) is 22.3 Å². The van der Waals surface area contributed by atoms with Gasteiger partial charge < -0.3 is 4.42 Å². The van der Waals surface area contributed by atoms with Gasteiger partial charge in [0, 0.05) is 16.5 Å². The van der Waals surface area contributed by atoms with Gasteiger partial charge in [0.15, 0.2) is 5.82 Å². The molecule has 2 aromatic heterocycles. The molecule has 0 radical (unpaired) electrons. The van der Waals surface area contributed by atoms with Crippen molar-refractivity contribution < 1.29 is 4.42 Å². The fraction of sp³-hybridized carbons (Fsp3) is 0. The van der Waals surface area contributed by atoms with E-state index in [-0.39, 0.29) is 0 Å². The summed E-state index contributed by atoms with van der Waals surface area (Å²) < 4.78 is 6.46. The third kappa shape index (κ3) is 6.28. The van der Waals surface area contributed by atoms with Crippen LogP contribution in [0.25, 0.3) is 100 Å². The lowest BCUT2D eigenvalue weighted by atomic mass is 9.94. The standard InChI is InChI=1S/C52H34N2O/c1-4-14-35(15-5-1)40-20-12-21-41(30-40)38-26-28-39(29-27-38)42-22-13-23-43(31-42)51-53-50(49-47-24-10-11-25-48(47)55-52(49)54-51)46-33-44(36-16-6-2-7-17-36)32-45(34-46)37-18-8-3-9-19-37/h1-34H. The molecule has 55 heavy (non-hydrogen) atoms. The Labute approximate surface area is 319 Å². The van der Waals surface area contributed by atoms with E-state index in [0.717, 1.165) is 66.6 Å². The lowest BCUT2D eigenvalue weighted by molar-refractivity contribution is 0.653. The number of hydrogen-bond acceptors (Lipinski definition) is 3. The lowest BCUT2D eigenvalue weighted by Crippen LogP contribution is -1.95. The van der Waals surface area contributed by atoms with Crippen LogP contribution in [0, 0.1) is 0 Å². The number of fused-ring (bicyclic) bond motifs is 3. The predicted octanol–water partition coefficient (Wildman–Crippen LogP) is 14.0. The summed E-state index contributed by atoms with van der Waals surface area (Å²) in [6.07, 6.45) is 0. The summed E-state index contributed by atoms with van der Waals surface area (Å²) in [4.78, 5) is 10.5. The quantitative estimate of drug-likeness (QED) is 0.166. The van der Waals surface area contributed by atoms with Crippen LogP contribution in [0.3, 0.4) is 0 Å². The van der Waals surface area contributed by atoms with E-state index in [0.29, 0.717) is 11.5 Å². The van der Waals surface area contributed by atoms with Gasteiger partial charge in [-0.25, -0.2) is 4.98 Å². The Morgan fingerprint density at radius 2 is 0.691 bits per heavy atom. The van der Waals surface area contributed by atoms with Crippen molar-refractivity contribution in [1.82, 2.24) is 9.97 Å². The van der Waals surface area contributed by atoms with Crippen LogP contribution in [0.2, 0.25) is 0 Å². The van der Waals surface area contributed by atoms with Crippen LogP contribution in [-0.2, 0) is 0 Å². The second-order valence-corrected chi connectivity index (χ2v) is 13.8. The molecular weight excluding hydrogens is 669 g/mol. The molecule has 0 fully saturated rings. The molecule has 3 nitrogen and oxygen atoms in total. The number of rotatable bonds is 7. The van der Waals surface area contributed by atoms with Crippen LogP contribution in [0.4, 0.5) is 0 Å². The predicted molar refractivity (Wildman–Crippen MR) is 227 cm³/mol. The number of para-hydroxylation sites is 1. The lowest BCUT2D eigenvalue weighted by Gasteiger charge is -2.13. The smallest absolute Gasteiger partial charge is 0.231 e. The molecule has 0 saturated heterocycles. The number of nitrogens with zero attached hydrogens (tertiary/aromatic N) is 2. The van der Waals surface area contributed by atoms with Crippen molar-refractivity contribution in [2.45, 2.75) is 0 Å². The molecule has 258 valence electrons. The first-order valence-corrected chi connectivity index (χ1v) is 18.6. The van der Waals surface area contributed by atoms with Crippen LogP contribution >= 0.6 is 0 Å². The third-order valence-corrected chi connectivity index (χ3v) is 10.3. The summed E-state index contributed by atoms with van der Waals surface area (Å²) in [5, 5.41) is 1.90. The Balaban J connectivity index is 1.08. The Morgan fingerprint density at radius 3 is 1.25 bits per heavy atom. The van der Waals surface area contributed by atoms with Gasteiger partial charge in [0.1, 0.15) is 5.58 Å². The van der Waals surface area contributed by atoms with Crippen molar-refractivity contribution in [3.63, 3.8) is 0 Å². The van der Waals surface area contributed by atoms with Gasteiger partial charge in [-0.2, -0.15) is 4.98 Å². The van der Waals surface area contributed by atoms with Gasteiger partial charge in [0.05, 0.1) is 11.1 Å². The Kier molecular flexibility index (Phi) is 8.16. The van der Waals surface area contributed by atoms with Crippen LogP contribution in [0.5, 0.6) is 0 Å². The highest BCUT2D eigenvalue weighted by atomic mass is 16.3. The average Bonchev–Trinajstić information content (AvgIpc) is 3.66. The summed E-state index contributed by atoms with van der Waals surface area (Å²) in [6, 6.07) is 72.4. The first-order chi connectivity index (χ1) is 27.2. The van der Waals surface area contributed by atoms with Crippen LogP contribution < -0.4 is 0 Å². The van der Waals surface area contributed by atoms with Crippen molar-refractivity contribution in [3.8, 4) is 78.3 Å². The molecular formula is C52H34N2O. The molecule has 0 spiro atoms. The molecule has 0 aliphatic rings. The zero-order valence-electron chi connectivity index (χ0n) is 29.9. The Hall–Kier alpha value is -7.36. The number of benzene rings is 8. The molecule has 0 atom stereocenters. The van der Waals surface area contributed by atoms with E-state index in [9.17, 15) is 0 Å². The van der Waals surface area contributed by atoms with E-state index >= 15 is 0 Å². The SMILES string of the molecule is c1ccc(-c2cccc(-c3ccc(-c4cccc(-c5nc(-c6cc(-c7ccccc7)cc(-c7ccccc7)c6)c6c(n5)oc5ccccc56)c4)cc3)c2)cc1. The second-order valence-electron chi connectivity index (χ2n) is 13.8. The molecule has 0 aliphatic carbocycles. The molecule has 0 N–H and O–H groups in total. The third-order valence-electron chi connectivity index (χ3n) is 10.3. The number of aromatic nitrogens is 2. The maximum Gasteiger partial charge on any atom is 0.231 e. The first kappa shape index (κ1) is 32.3. The zero-order valence-corrected chi connectivity index (χ0v) is 29.9. The number of hydrogen-bond donors (Lipinski definition) is 0. The fourth-order valence-corrected chi connectivity index (χ4v) is 7.52. The second kappa shape index (κ2) is 13.9. The highest BCUT2D eigenvalue weighted by molar-refractivity contribution is 6.11. The molecule has 3 heteroatoms. The van der Waals surface area contributed by atoms with Crippen molar-refractivity contribution in [2.24, 2.45) is 0 Å². The van der Waals surface area contributed by atoms with Gasteiger partial charge in [-0.3, -0.25) is 0 Å². The molecule has 0 aliphatic heterocycles. The van der Waals surface area contributed by atoms with E-state index in [1.54, 1.807) is 0 Å². The molecule has 0 saturated carbocycles. The summed E-state index contributed by atoms with van der Waals surface area (Å²) >= 11 is 0. The van der Waals surface area contributed by atoms with Gasteiger partial charge in [-0.15, -0.1) is 0 Å². The summed E-state index contributed by atoms with van der Waals surface area (Å²) in [6.45, 7) is 0. The molecule has 2 heterocycles. The molecule has 0 amide bonds. The molecule has 10 aromatic rings. The Bertz CT molecular complexity index is 2890. The first-order valence-electron chi connectivity index (χ1n) is 18.6. The van der Waals surface area contributed by atoms with Crippen LogP contribution in [-0.4, -0.2) is 9.97 Å². The van der Waals surface area contributed by atoms with Crippen molar-refractivity contribution in [1.29, 1.82) is 0 Å². The molecule has 8 aromatic carbocycles. The van der Waals surface area contributed by atoms with Crippen LogP contribution in [0.15, 0.2) is 211 Å². The fourth-order valence-electron chi connectivity index (χ4n) is 7.52. The van der Waals surface area contributed by atoms with Crippen LogP contribution in [0.1, 0.15) is 0 Å². The maximum absolute atomic E-state index is 6.46. The van der Waals surface area contributed by atoms with Gasteiger partial charge in [-0.1, -0.05) is 170 Å². The monoisotopic (exact) mass is 702 g/mol. The minimum atomic E-state index is 0.570. The minimum Gasteiger partial charge on any atom is -0.438 e. The van der Waals surface area contributed by atoms with E-state index in [2.05, 4.69) is 188 Å². The average molecular weight is 703 g/mol. The van der Waals surface area contributed by atoms with Gasteiger partial charge in [0.2, 0.25) is 5.71 Å². The van der Waals surface area contributed by atoms with Crippen molar-refractivity contribution in [2.75, 3.05) is 0 Å². The highest BCUT2D eigenvalue weighted by Crippen LogP contribution is 2.40. The zero-order chi connectivity index (χ0) is 36.6. The van der Waals surface area contributed by atoms with Crippen molar-refractivity contribution in [3.05, 3.63) is 206 Å². The highest BCUT2D eigenvalue weighted by Gasteiger charge is 2.20. The van der Waals surface area contributed by atoms with E-state index in [1.807, 2.05) is 18.2 Å². The summed E-state index contributed by atoms with van der Waals surface area (Å²) in [5.41, 5.74) is 15.6. The summed E-state index contributed by atoms with van der Waals surface area (Å²) in [7, 11) is 0. The van der Waals surface area contributed by atoms with E-state index in [4.69, 9.17) is 14.4 Å². The van der Waals surface area contributed by atoms with Gasteiger partial charge in [-0.05, 0) is 92.0 Å². The largest absolute Gasteiger partial charge is 0.438 e. The van der Waals surface area contributed by atoms with Gasteiger partial charge >= 0.3 is 0 Å². The molecule has 0 unspecified atom stereocenters. The minimum absolute atomic E-state index is 0.570. The molecule has 10 rings (SSSR count). The topological polar surface area (TPSA) is 38.9 Å². The normalized spacial score (nSPS) is 11.3.